The zero-order valence-electron chi connectivity index (χ0n) is 10.6. The van der Waals surface area contributed by atoms with Gasteiger partial charge in [0.1, 0.15) is 0 Å². The van der Waals surface area contributed by atoms with Crippen LogP contribution in [0, 0.1) is 5.92 Å². The molecule has 3 unspecified atom stereocenters. The van der Waals surface area contributed by atoms with Crippen LogP contribution in [-0.4, -0.2) is 49.1 Å². The van der Waals surface area contributed by atoms with Crippen molar-refractivity contribution in [2.75, 3.05) is 20.1 Å². The molecule has 0 aromatic rings. The number of fused-ring (bicyclic) bond motifs is 2. The fourth-order valence-corrected chi connectivity index (χ4v) is 3.58. The fourth-order valence-electron chi connectivity index (χ4n) is 3.58. The summed E-state index contributed by atoms with van der Waals surface area (Å²) in [5.41, 5.74) is 0. The van der Waals surface area contributed by atoms with E-state index in [0.717, 1.165) is 32.4 Å². The Kier molecular flexibility index (Phi) is 3.09. The number of nitrogens with zero attached hydrogens (tertiary/aromatic N) is 1. The van der Waals surface area contributed by atoms with E-state index in [1.807, 2.05) is 0 Å². The second kappa shape index (κ2) is 4.58. The average Bonchev–Trinajstić information content (AvgIpc) is 2.94. The molecular formula is C13H23N3O. The van der Waals surface area contributed by atoms with Crippen LogP contribution in [0.1, 0.15) is 32.1 Å². The molecule has 0 saturated carbocycles. The lowest BCUT2D eigenvalue weighted by molar-refractivity contribution is -0.126. The smallest absolute Gasteiger partial charge is 0.224 e. The lowest BCUT2D eigenvalue weighted by Crippen LogP contribution is -2.47. The van der Waals surface area contributed by atoms with Crippen LogP contribution in [0.5, 0.6) is 0 Å². The van der Waals surface area contributed by atoms with E-state index in [4.69, 9.17) is 0 Å². The van der Waals surface area contributed by atoms with Crippen LogP contribution in [0.15, 0.2) is 0 Å². The molecule has 3 atom stereocenters. The van der Waals surface area contributed by atoms with Gasteiger partial charge in [0.15, 0.2) is 0 Å². The molecule has 2 bridgehead atoms. The molecule has 1 amide bonds. The average molecular weight is 237 g/mol. The first-order valence-electron chi connectivity index (χ1n) is 6.97. The molecule has 0 aliphatic carbocycles. The summed E-state index contributed by atoms with van der Waals surface area (Å²) < 4.78 is 0. The van der Waals surface area contributed by atoms with Crippen LogP contribution >= 0.6 is 0 Å². The molecular weight excluding hydrogens is 214 g/mol. The molecule has 17 heavy (non-hydrogen) atoms. The second-order valence-electron chi connectivity index (χ2n) is 5.98. The van der Waals surface area contributed by atoms with Gasteiger partial charge in [-0.2, -0.15) is 0 Å². The molecule has 0 radical (unpaired) electrons. The third-order valence-corrected chi connectivity index (χ3v) is 4.70. The van der Waals surface area contributed by atoms with E-state index < -0.39 is 0 Å². The molecule has 3 saturated heterocycles. The second-order valence-corrected chi connectivity index (χ2v) is 5.98. The summed E-state index contributed by atoms with van der Waals surface area (Å²) >= 11 is 0. The van der Waals surface area contributed by atoms with Crippen molar-refractivity contribution in [1.29, 1.82) is 0 Å². The predicted octanol–water partition coefficient (Wildman–Crippen LogP) is 0.337. The van der Waals surface area contributed by atoms with E-state index in [2.05, 4.69) is 22.6 Å². The van der Waals surface area contributed by atoms with Crippen LogP contribution in [0.3, 0.4) is 0 Å². The highest BCUT2D eigenvalue weighted by Crippen LogP contribution is 2.33. The first-order chi connectivity index (χ1) is 8.22. The molecule has 3 aliphatic rings. The van der Waals surface area contributed by atoms with Crippen LogP contribution in [0.25, 0.3) is 0 Å². The number of hydrogen-bond acceptors (Lipinski definition) is 3. The third-order valence-electron chi connectivity index (χ3n) is 4.70. The Balaban J connectivity index is 1.50. The third kappa shape index (κ3) is 2.33. The number of piperidine rings is 1. The van der Waals surface area contributed by atoms with Crippen molar-refractivity contribution >= 4 is 5.91 Å². The molecule has 2 N–H and O–H groups in total. The molecule has 0 aromatic carbocycles. The van der Waals surface area contributed by atoms with Crippen LogP contribution < -0.4 is 10.6 Å². The van der Waals surface area contributed by atoms with Crippen molar-refractivity contribution in [2.45, 2.75) is 50.2 Å². The van der Waals surface area contributed by atoms with Gasteiger partial charge in [-0.15, -0.1) is 0 Å². The summed E-state index contributed by atoms with van der Waals surface area (Å²) in [6.07, 6.45) is 5.73. The molecule has 4 heteroatoms. The first kappa shape index (κ1) is 11.5. The minimum Gasteiger partial charge on any atom is -0.353 e. The number of carbonyl (C=O) groups is 1. The van der Waals surface area contributed by atoms with Crippen molar-refractivity contribution in [3.8, 4) is 0 Å². The maximum Gasteiger partial charge on any atom is 0.224 e. The number of nitrogens with one attached hydrogen (secondary N) is 2. The normalized spacial score (nSPS) is 38.5. The summed E-state index contributed by atoms with van der Waals surface area (Å²) in [5.74, 6) is 0.549. The number of carbonyl (C=O) groups excluding carboxylic acids is 1. The minimum atomic E-state index is 0.244. The highest BCUT2D eigenvalue weighted by atomic mass is 16.2. The Morgan fingerprint density at radius 1 is 1.24 bits per heavy atom. The van der Waals surface area contributed by atoms with Gasteiger partial charge in [0.05, 0.1) is 5.92 Å². The maximum atomic E-state index is 12.2. The summed E-state index contributed by atoms with van der Waals surface area (Å²) in [4.78, 5) is 14.6. The van der Waals surface area contributed by atoms with E-state index in [1.54, 1.807) is 0 Å². The molecule has 3 heterocycles. The van der Waals surface area contributed by atoms with Gasteiger partial charge in [0.25, 0.3) is 0 Å². The van der Waals surface area contributed by atoms with Gasteiger partial charge in [-0.3, -0.25) is 4.79 Å². The number of amides is 1. The molecule has 0 aromatic heterocycles. The molecule has 96 valence electrons. The lowest BCUT2D eigenvalue weighted by Gasteiger charge is -2.31. The monoisotopic (exact) mass is 237 g/mol. The minimum absolute atomic E-state index is 0.244. The van der Waals surface area contributed by atoms with E-state index in [9.17, 15) is 4.79 Å². The fraction of sp³-hybridized carbons (Fsp3) is 0.923. The lowest BCUT2D eigenvalue weighted by atomic mass is 9.88. The van der Waals surface area contributed by atoms with Gasteiger partial charge in [-0.1, -0.05) is 0 Å². The molecule has 3 fully saturated rings. The first-order valence-corrected chi connectivity index (χ1v) is 6.97. The highest BCUT2D eigenvalue weighted by molar-refractivity contribution is 5.80. The Bertz CT molecular complexity index is 299. The van der Waals surface area contributed by atoms with E-state index in [1.165, 1.54) is 12.8 Å². The largest absolute Gasteiger partial charge is 0.353 e. The Morgan fingerprint density at radius 3 is 2.59 bits per heavy atom. The summed E-state index contributed by atoms with van der Waals surface area (Å²) in [7, 11) is 2.15. The van der Waals surface area contributed by atoms with Crippen molar-refractivity contribution in [1.82, 2.24) is 15.5 Å². The van der Waals surface area contributed by atoms with Crippen LogP contribution in [0.2, 0.25) is 0 Å². The topological polar surface area (TPSA) is 44.4 Å². The Labute approximate surface area is 103 Å². The molecule has 4 nitrogen and oxygen atoms in total. The van der Waals surface area contributed by atoms with Crippen LogP contribution in [0.4, 0.5) is 0 Å². The summed E-state index contributed by atoms with van der Waals surface area (Å²) in [6.45, 7) is 2.22. The molecule has 3 aliphatic heterocycles. The van der Waals surface area contributed by atoms with E-state index in [-0.39, 0.29) is 5.92 Å². The van der Waals surface area contributed by atoms with E-state index >= 15 is 0 Å². The maximum absolute atomic E-state index is 12.2. The van der Waals surface area contributed by atoms with Gasteiger partial charge in [-0.05, 0) is 52.2 Å². The van der Waals surface area contributed by atoms with Gasteiger partial charge in [0.2, 0.25) is 5.91 Å². The van der Waals surface area contributed by atoms with Crippen molar-refractivity contribution < 1.29 is 4.79 Å². The summed E-state index contributed by atoms with van der Waals surface area (Å²) in [5, 5.41) is 6.79. The number of hydrogen-bond donors (Lipinski definition) is 2. The summed E-state index contributed by atoms with van der Waals surface area (Å²) in [6, 6.07) is 1.50. The van der Waals surface area contributed by atoms with Gasteiger partial charge >= 0.3 is 0 Å². The van der Waals surface area contributed by atoms with Gasteiger partial charge < -0.3 is 15.5 Å². The Morgan fingerprint density at radius 2 is 2.00 bits per heavy atom. The van der Waals surface area contributed by atoms with Crippen molar-refractivity contribution in [3.63, 3.8) is 0 Å². The molecule has 0 spiro atoms. The zero-order valence-corrected chi connectivity index (χ0v) is 10.6. The standard InChI is InChI=1S/C13H23N3O/c1-16-6-4-9(5-7-16)15-13(17)11-8-10-2-3-12(11)14-10/h9-12,14H,2-8H2,1H3,(H,15,17). The van der Waals surface area contributed by atoms with Gasteiger partial charge in [0, 0.05) is 18.1 Å². The highest BCUT2D eigenvalue weighted by Gasteiger charge is 2.43. The SMILES string of the molecule is CN1CCC(NC(=O)C2CC3CCC2N3)CC1. The zero-order chi connectivity index (χ0) is 11.8. The quantitative estimate of drug-likeness (QED) is 0.728. The molecule has 3 rings (SSSR count). The van der Waals surface area contributed by atoms with Crippen LogP contribution in [-0.2, 0) is 4.79 Å². The number of rotatable bonds is 2. The van der Waals surface area contributed by atoms with Crippen molar-refractivity contribution in [2.24, 2.45) is 5.92 Å². The number of likely N-dealkylation sites (tertiary alicyclic amines) is 1. The van der Waals surface area contributed by atoms with Crippen molar-refractivity contribution in [3.05, 3.63) is 0 Å². The Hall–Kier alpha value is -0.610. The predicted molar refractivity (Wildman–Crippen MR) is 66.7 cm³/mol. The van der Waals surface area contributed by atoms with Gasteiger partial charge in [-0.25, -0.2) is 0 Å². The van der Waals surface area contributed by atoms with E-state index in [0.29, 0.717) is 24.0 Å².